The summed E-state index contributed by atoms with van der Waals surface area (Å²) in [5.74, 6) is 0.859. The Balaban J connectivity index is 1.88. The predicted molar refractivity (Wildman–Crippen MR) is 41.3 cm³/mol. The van der Waals surface area contributed by atoms with Gasteiger partial charge in [-0.25, -0.2) is 0 Å². The van der Waals surface area contributed by atoms with Gasteiger partial charge in [0.25, 0.3) is 0 Å². The van der Waals surface area contributed by atoms with Gasteiger partial charge in [0.1, 0.15) is 5.78 Å². The Kier molecular flexibility index (Phi) is 1.72. The van der Waals surface area contributed by atoms with Crippen LogP contribution < -0.4 is 0 Å². The number of carbonyl (C=O) groups is 1. The van der Waals surface area contributed by atoms with Crippen LogP contribution in [0.5, 0.6) is 0 Å². The SMILES string of the molecule is CC(=O)C[C@@H]1CCC[C@@H]2O[C@H]12. The van der Waals surface area contributed by atoms with E-state index in [4.69, 9.17) is 4.74 Å². The maximum atomic E-state index is 10.8. The van der Waals surface area contributed by atoms with E-state index in [0.717, 1.165) is 6.42 Å². The Morgan fingerprint density at radius 1 is 1.55 bits per heavy atom. The highest BCUT2D eigenvalue weighted by Gasteiger charge is 2.46. The first-order valence-corrected chi connectivity index (χ1v) is 4.42. The highest BCUT2D eigenvalue weighted by atomic mass is 16.6. The summed E-state index contributed by atoms with van der Waals surface area (Å²) in [6.45, 7) is 1.67. The lowest BCUT2D eigenvalue weighted by Gasteiger charge is -2.15. The van der Waals surface area contributed by atoms with Crippen molar-refractivity contribution in [3.05, 3.63) is 0 Å². The summed E-state index contributed by atoms with van der Waals surface area (Å²) in [6.07, 6.45) is 5.38. The van der Waals surface area contributed by atoms with E-state index in [2.05, 4.69) is 0 Å². The Bertz CT molecular complexity index is 176. The first kappa shape index (κ1) is 7.29. The van der Waals surface area contributed by atoms with Crippen molar-refractivity contribution in [1.82, 2.24) is 0 Å². The summed E-state index contributed by atoms with van der Waals surface area (Å²) in [5, 5.41) is 0. The molecule has 1 heterocycles. The number of hydrogen-bond donors (Lipinski definition) is 0. The molecule has 1 saturated heterocycles. The Hall–Kier alpha value is -0.370. The summed E-state index contributed by atoms with van der Waals surface area (Å²) >= 11 is 0. The van der Waals surface area contributed by atoms with Gasteiger partial charge < -0.3 is 9.53 Å². The molecule has 3 atom stereocenters. The normalized spacial score (nSPS) is 41.4. The van der Waals surface area contributed by atoms with Crippen molar-refractivity contribution in [2.75, 3.05) is 0 Å². The number of ketones is 1. The van der Waals surface area contributed by atoms with Crippen LogP contribution in [0, 0.1) is 5.92 Å². The third-order valence-corrected chi connectivity index (χ3v) is 2.70. The molecule has 0 unspecified atom stereocenters. The van der Waals surface area contributed by atoms with Gasteiger partial charge in [-0.05, 0) is 25.7 Å². The molecule has 0 aromatic heterocycles. The predicted octanol–water partition coefficient (Wildman–Crippen LogP) is 1.53. The molecule has 0 amide bonds. The molecule has 2 rings (SSSR count). The van der Waals surface area contributed by atoms with Crippen molar-refractivity contribution in [1.29, 1.82) is 0 Å². The molecule has 11 heavy (non-hydrogen) atoms. The van der Waals surface area contributed by atoms with E-state index in [1.807, 2.05) is 0 Å². The van der Waals surface area contributed by atoms with Gasteiger partial charge >= 0.3 is 0 Å². The molecule has 1 aliphatic heterocycles. The first-order valence-electron chi connectivity index (χ1n) is 4.42. The molecule has 0 radical (unpaired) electrons. The molecule has 0 aromatic rings. The molecule has 0 bridgehead atoms. The van der Waals surface area contributed by atoms with E-state index in [0.29, 0.717) is 23.9 Å². The second kappa shape index (κ2) is 2.59. The molecule has 62 valence electrons. The lowest BCUT2D eigenvalue weighted by molar-refractivity contribution is -0.118. The molecule has 2 heteroatoms. The standard InChI is InChI=1S/C9H14O2/c1-6(10)5-7-3-2-4-8-9(7)11-8/h7-9H,2-5H2,1H3/t7-,8-,9+/m0/s1. The monoisotopic (exact) mass is 154 g/mol. The summed E-state index contributed by atoms with van der Waals surface area (Å²) in [4.78, 5) is 10.8. The van der Waals surface area contributed by atoms with E-state index in [-0.39, 0.29) is 0 Å². The number of fused-ring (bicyclic) bond motifs is 1. The zero-order valence-electron chi connectivity index (χ0n) is 6.88. The van der Waals surface area contributed by atoms with Gasteiger partial charge in [0, 0.05) is 6.42 Å². The van der Waals surface area contributed by atoms with Crippen LogP contribution in [0.15, 0.2) is 0 Å². The maximum Gasteiger partial charge on any atom is 0.130 e. The van der Waals surface area contributed by atoms with E-state index in [9.17, 15) is 4.79 Å². The average Bonchev–Trinajstić information content (AvgIpc) is 2.65. The van der Waals surface area contributed by atoms with E-state index >= 15 is 0 Å². The van der Waals surface area contributed by atoms with Gasteiger partial charge in [-0.2, -0.15) is 0 Å². The number of epoxide rings is 1. The molecular weight excluding hydrogens is 140 g/mol. The molecule has 0 aromatic carbocycles. The summed E-state index contributed by atoms with van der Waals surface area (Å²) in [5.41, 5.74) is 0. The molecule has 0 spiro atoms. The van der Waals surface area contributed by atoms with Gasteiger partial charge in [0.2, 0.25) is 0 Å². The highest BCUT2D eigenvalue weighted by Crippen LogP contribution is 2.42. The maximum absolute atomic E-state index is 10.8. The van der Waals surface area contributed by atoms with Crippen LogP contribution in [0.4, 0.5) is 0 Å². The molecule has 2 fully saturated rings. The van der Waals surface area contributed by atoms with Gasteiger partial charge in [-0.3, -0.25) is 0 Å². The van der Waals surface area contributed by atoms with Crippen LogP contribution in [0.25, 0.3) is 0 Å². The van der Waals surface area contributed by atoms with Crippen molar-refractivity contribution in [2.45, 2.75) is 44.8 Å². The lowest BCUT2D eigenvalue weighted by Crippen LogP contribution is -2.18. The molecule has 1 aliphatic carbocycles. The number of rotatable bonds is 2. The van der Waals surface area contributed by atoms with E-state index < -0.39 is 0 Å². The van der Waals surface area contributed by atoms with Crippen molar-refractivity contribution < 1.29 is 9.53 Å². The summed E-state index contributed by atoms with van der Waals surface area (Å²) in [7, 11) is 0. The van der Waals surface area contributed by atoms with Crippen LogP contribution in [0.2, 0.25) is 0 Å². The van der Waals surface area contributed by atoms with Crippen LogP contribution in [-0.2, 0) is 9.53 Å². The molecule has 2 nitrogen and oxygen atoms in total. The quantitative estimate of drug-likeness (QED) is 0.564. The molecular formula is C9H14O2. The van der Waals surface area contributed by atoms with Gasteiger partial charge in [0.05, 0.1) is 12.2 Å². The Morgan fingerprint density at radius 2 is 2.36 bits per heavy atom. The minimum atomic E-state index is 0.311. The zero-order chi connectivity index (χ0) is 7.84. The smallest absolute Gasteiger partial charge is 0.130 e. The average molecular weight is 154 g/mol. The van der Waals surface area contributed by atoms with Crippen molar-refractivity contribution >= 4 is 5.78 Å². The number of hydrogen-bond acceptors (Lipinski definition) is 2. The minimum Gasteiger partial charge on any atom is -0.369 e. The van der Waals surface area contributed by atoms with Crippen LogP contribution >= 0.6 is 0 Å². The first-order chi connectivity index (χ1) is 5.27. The fourth-order valence-electron chi connectivity index (χ4n) is 2.14. The number of Topliss-reactive ketones (excluding diaryl/α,β-unsaturated/α-hetero) is 1. The summed E-state index contributed by atoms with van der Waals surface area (Å²) in [6, 6.07) is 0. The van der Waals surface area contributed by atoms with Crippen molar-refractivity contribution in [3.63, 3.8) is 0 Å². The Morgan fingerprint density at radius 3 is 3.09 bits per heavy atom. The minimum absolute atomic E-state index is 0.311. The van der Waals surface area contributed by atoms with E-state index in [1.165, 1.54) is 19.3 Å². The number of carbonyl (C=O) groups excluding carboxylic acids is 1. The highest BCUT2D eigenvalue weighted by molar-refractivity contribution is 5.75. The topological polar surface area (TPSA) is 29.6 Å². The molecule has 2 aliphatic rings. The zero-order valence-corrected chi connectivity index (χ0v) is 6.88. The van der Waals surface area contributed by atoms with Crippen LogP contribution in [0.1, 0.15) is 32.6 Å². The van der Waals surface area contributed by atoms with Gasteiger partial charge in [-0.15, -0.1) is 0 Å². The second-order valence-corrected chi connectivity index (χ2v) is 3.74. The van der Waals surface area contributed by atoms with Gasteiger partial charge in [-0.1, -0.05) is 6.42 Å². The molecule has 0 N–H and O–H groups in total. The van der Waals surface area contributed by atoms with Crippen LogP contribution in [-0.4, -0.2) is 18.0 Å². The van der Waals surface area contributed by atoms with Gasteiger partial charge in [0.15, 0.2) is 0 Å². The summed E-state index contributed by atoms with van der Waals surface area (Å²) < 4.78 is 5.44. The Labute approximate surface area is 66.9 Å². The fraction of sp³-hybridized carbons (Fsp3) is 0.889. The van der Waals surface area contributed by atoms with Crippen molar-refractivity contribution in [3.8, 4) is 0 Å². The fourth-order valence-corrected chi connectivity index (χ4v) is 2.14. The lowest BCUT2D eigenvalue weighted by atomic mass is 9.86. The van der Waals surface area contributed by atoms with E-state index in [1.54, 1.807) is 6.92 Å². The van der Waals surface area contributed by atoms with Crippen LogP contribution in [0.3, 0.4) is 0 Å². The third-order valence-electron chi connectivity index (χ3n) is 2.70. The number of ether oxygens (including phenoxy) is 1. The molecule has 1 saturated carbocycles. The van der Waals surface area contributed by atoms with Crippen molar-refractivity contribution in [2.24, 2.45) is 5.92 Å². The second-order valence-electron chi connectivity index (χ2n) is 3.74. The third kappa shape index (κ3) is 1.45. The largest absolute Gasteiger partial charge is 0.369 e.